The molecule has 4 heteroatoms. The van der Waals surface area contributed by atoms with E-state index in [0.717, 1.165) is 12.8 Å². The number of unbranched alkanes of at least 4 members (excludes halogenated alkanes) is 1. The molecular formula is C11H15NO3. The van der Waals surface area contributed by atoms with E-state index in [-0.39, 0.29) is 11.3 Å². The van der Waals surface area contributed by atoms with Crippen molar-refractivity contribution in [2.75, 3.05) is 12.3 Å². The molecule has 0 saturated carbocycles. The molecule has 0 atom stereocenters. The Morgan fingerprint density at radius 1 is 1.53 bits per heavy atom. The molecule has 4 nitrogen and oxygen atoms in total. The normalized spacial score (nSPS) is 9.93. The van der Waals surface area contributed by atoms with Gasteiger partial charge in [0.2, 0.25) is 0 Å². The molecule has 82 valence electrons. The zero-order valence-corrected chi connectivity index (χ0v) is 8.69. The second-order valence-electron chi connectivity index (χ2n) is 3.26. The standard InChI is InChI=1S/C11H15NO3/c1-2-3-6-15-8-4-5-10(12)9(7-8)11(13)14/h4-5,7H,2-3,6,12H2,1H3,(H,13,14). The first-order chi connectivity index (χ1) is 7.15. The minimum absolute atomic E-state index is 0.0870. The summed E-state index contributed by atoms with van der Waals surface area (Å²) in [5.74, 6) is -0.483. The van der Waals surface area contributed by atoms with Crippen molar-refractivity contribution in [1.82, 2.24) is 0 Å². The number of carboxylic acid groups (broad SMARTS) is 1. The molecule has 15 heavy (non-hydrogen) atoms. The van der Waals surface area contributed by atoms with Gasteiger partial charge < -0.3 is 15.6 Å². The lowest BCUT2D eigenvalue weighted by Crippen LogP contribution is -2.04. The summed E-state index contributed by atoms with van der Waals surface area (Å²) < 4.78 is 5.37. The SMILES string of the molecule is CCCCOc1ccc(N)c(C(=O)O)c1. The third kappa shape index (κ3) is 3.16. The fourth-order valence-electron chi connectivity index (χ4n) is 1.14. The van der Waals surface area contributed by atoms with Crippen LogP contribution in [0.5, 0.6) is 5.75 Å². The Kier molecular flexibility index (Phi) is 3.97. The van der Waals surface area contributed by atoms with Crippen molar-refractivity contribution in [1.29, 1.82) is 0 Å². The highest BCUT2D eigenvalue weighted by Crippen LogP contribution is 2.19. The van der Waals surface area contributed by atoms with Gasteiger partial charge in [0.05, 0.1) is 12.2 Å². The number of anilines is 1. The summed E-state index contributed by atoms with van der Waals surface area (Å²) in [6.07, 6.45) is 1.99. The number of hydrogen-bond acceptors (Lipinski definition) is 3. The summed E-state index contributed by atoms with van der Waals surface area (Å²) in [5, 5.41) is 8.83. The van der Waals surface area contributed by atoms with E-state index in [9.17, 15) is 4.79 Å². The topological polar surface area (TPSA) is 72.5 Å². The van der Waals surface area contributed by atoms with Gasteiger partial charge in [-0.1, -0.05) is 13.3 Å². The Bertz CT molecular complexity index is 350. The van der Waals surface area contributed by atoms with Gasteiger partial charge in [-0.2, -0.15) is 0 Å². The summed E-state index contributed by atoms with van der Waals surface area (Å²) in [6, 6.07) is 4.68. The smallest absolute Gasteiger partial charge is 0.337 e. The van der Waals surface area contributed by atoms with Crippen LogP contribution in [-0.2, 0) is 0 Å². The highest BCUT2D eigenvalue weighted by atomic mass is 16.5. The van der Waals surface area contributed by atoms with Crippen molar-refractivity contribution in [3.8, 4) is 5.75 Å². The maximum absolute atomic E-state index is 10.8. The van der Waals surface area contributed by atoms with E-state index >= 15 is 0 Å². The summed E-state index contributed by atoms with van der Waals surface area (Å²) in [5.41, 5.74) is 5.85. The third-order valence-corrected chi connectivity index (χ3v) is 2.02. The van der Waals surface area contributed by atoms with E-state index in [4.69, 9.17) is 15.6 Å². The quantitative estimate of drug-likeness (QED) is 0.575. The molecule has 0 heterocycles. The average Bonchev–Trinajstić information content (AvgIpc) is 2.20. The van der Waals surface area contributed by atoms with E-state index in [1.165, 1.54) is 6.07 Å². The molecule has 1 aromatic rings. The van der Waals surface area contributed by atoms with Crippen LogP contribution in [0.2, 0.25) is 0 Å². The van der Waals surface area contributed by atoms with Gasteiger partial charge in [0.15, 0.2) is 0 Å². The number of ether oxygens (including phenoxy) is 1. The largest absolute Gasteiger partial charge is 0.494 e. The van der Waals surface area contributed by atoms with Gasteiger partial charge in [0.25, 0.3) is 0 Å². The molecule has 1 aromatic carbocycles. The Labute approximate surface area is 88.7 Å². The van der Waals surface area contributed by atoms with Gasteiger partial charge in [-0.05, 0) is 24.6 Å². The van der Waals surface area contributed by atoms with Crippen LogP contribution in [0.3, 0.4) is 0 Å². The highest BCUT2D eigenvalue weighted by Gasteiger charge is 2.08. The number of aromatic carboxylic acids is 1. The molecule has 0 unspecified atom stereocenters. The Morgan fingerprint density at radius 2 is 2.27 bits per heavy atom. The molecule has 0 spiro atoms. The lowest BCUT2D eigenvalue weighted by Gasteiger charge is -2.07. The van der Waals surface area contributed by atoms with Crippen LogP contribution < -0.4 is 10.5 Å². The number of benzene rings is 1. The van der Waals surface area contributed by atoms with Crippen molar-refractivity contribution in [2.24, 2.45) is 0 Å². The molecule has 0 amide bonds. The number of nitrogens with two attached hydrogens (primary N) is 1. The predicted octanol–water partition coefficient (Wildman–Crippen LogP) is 2.15. The van der Waals surface area contributed by atoms with Crippen LogP contribution in [-0.4, -0.2) is 17.7 Å². The number of rotatable bonds is 5. The van der Waals surface area contributed by atoms with Gasteiger partial charge in [0.1, 0.15) is 5.75 Å². The van der Waals surface area contributed by atoms with E-state index < -0.39 is 5.97 Å². The van der Waals surface area contributed by atoms with E-state index in [0.29, 0.717) is 12.4 Å². The Hall–Kier alpha value is -1.71. The van der Waals surface area contributed by atoms with Crippen LogP contribution in [0.1, 0.15) is 30.1 Å². The van der Waals surface area contributed by atoms with Gasteiger partial charge in [-0.3, -0.25) is 0 Å². The first-order valence-corrected chi connectivity index (χ1v) is 4.90. The maximum atomic E-state index is 10.8. The molecule has 0 radical (unpaired) electrons. The van der Waals surface area contributed by atoms with Crippen LogP contribution in [0.15, 0.2) is 18.2 Å². The summed E-state index contributed by atoms with van der Waals surface area (Å²) in [6.45, 7) is 2.66. The Morgan fingerprint density at radius 3 is 2.87 bits per heavy atom. The van der Waals surface area contributed by atoms with E-state index in [2.05, 4.69) is 6.92 Å². The first-order valence-electron chi connectivity index (χ1n) is 4.90. The highest BCUT2D eigenvalue weighted by molar-refractivity contribution is 5.94. The van der Waals surface area contributed by atoms with E-state index in [1.807, 2.05) is 0 Å². The molecule has 0 fully saturated rings. The number of nitrogen functional groups attached to an aromatic ring is 1. The second kappa shape index (κ2) is 5.24. The van der Waals surface area contributed by atoms with Crippen molar-refractivity contribution in [3.63, 3.8) is 0 Å². The van der Waals surface area contributed by atoms with Crippen LogP contribution in [0.25, 0.3) is 0 Å². The molecule has 0 saturated heterocycles. The molecule has 0 bridgehead atoms. The average molecular weight is 209 g/mol. The molecule has 0 aliphatic rings. The number of carboxylic acids is 1. The molecular weight excluding hydrogens is 194 g/mol. The maximum Gasteiger partial charge on any atom is 0.337 e. The van der Waals surface area contributed by atoms with Crippen LogP contribution >= 0.6 is 0 Å². The van der Waals surface area contributed by atoms with Crippen LogP contribution in [0.4, 0.5) is 5.69 Å². The second-order valence-corrected chi connectivity index (χ2v) is 3.26. The van der Waals surface area contributed by atoms with Crippen molar-refractivity contribution >= 4 is 11.7 Å². The minimum Gasteiger partial charge on any atom is -0.494 e. The monoisotopic (exact) mass is 209 g/mol. The molecule has 0 aromatic heterocycles. The summed E-state index contributed by atoms with van der Waals surface area (Å²) >= 11 is 0. The van der Waals surface area contributed by atoms with Gasteiger partial charge in [-0.15, -0.1) is 0 Å². The summed E-state index contributed by atoms with van der Waals surface area (Å²) in [7, 11) is 0. The molecule has 3 N–H and O–H groups in total. The number of hydrogen-bond donors (Lipinski definition) is 2. The fraction of sp³-hybridized carbons (Fsp3) is 0.364. The van der Waals surface area contributed by atoms with Gasteiger partial charge in [0, 0.05) is 5.69 Å². The minimum atomic E-state index is -1.03. The van der Waals surface area contributed by atoms with Gasteiger partial charge in [-0.25, -0.2) is 4.79 Å². The fourth-order valence-corrected chi connectivity index (χ4v) is 1.14. The van der Waals surface area contributed by atoms with Gasteiger partial charge >= 0.3 is 5.97 Å². The molecule has 0 aliphatic heterocycles. The number of carbonyl (C=O) groups is 1. The predicted molar refractivity (Wildman–Crippen MR) is 58.2 cm³/mol. The van der Waals surface area contributed by atoms with E-state index in [1.54, 1.807) is 12.1 Å². The molecule has 1 rings (SSSR count). The molecule has 0 aliphatic carbocycles. The lowest BCUT2D eigenvalue weighted by atomic mass is 10.2. The zero-order valence-electron chi connectivity index (χ0n) is 8.69. The first kappa shape index (κ1) is 11.4. The van der Waals surface area contributed by atoms with Crippen molar-refractivity contribution < 1.29 is 14.6 Å². The third-order valence-electron chi connectivity index (χ3n) is 2.02. The zero-order chi connectivity index (χ0) is 11.3. The van der Waals surface area contributed by atoms with Crippen LogP contribution in [0, 0.1) is 0 Å². The van der Waals surface area contributed by atoms with Crippen molar-refractivity contribution in [2.45, 2.75) is 19.8 Å². The lowest BCUT2D eigenvalue weighted by molar-refractivity contribution is 0.0697. The van der Waals surface area contributed by atoms with Crippen molar-refractivity contribution in [3.05, 3.63) is 23.8 Å². The Balaban J connectivity index is 2.74. The summed E-state index contributed by atoms with van der Waals surface area (Å²) in [4.78, 5) is 10.8.